The van der Waals surface area contributed by atoms with Crippen LogP contribution < -0.4 is 16.4 Å². The molecule has 2 fully saturated rings. The summed E-state index contributed by atoms with van der Waals surface area (Å²) in [5.41, 5.74) is 3.83. The first-order valence-electron chi connectivity index (χ1n) is 12.0. The number of nitrogens with one attached hydrogen (secondary N) is 2. The summed E-state index contributed by atoms with van der Waals surface area (Å²) in [5.74, 6) is -0.915. The van der Waals surface area contributed by atoms with Gasteiger partial charge >= 0.3 is 0 Å². The molecule has 0 spiro atoms. The molecule has 1 unspecified atom stereocenters. The molecule has 35 heavy (non-hydrogen) atoms. The van der Waals surface area contributed by atoms with E-state index in [0.29, 0.717) is 12.8 Å². The van der Waals surface area contributed by atoms with Crippen LogP contribution in [0.3, 0.4) is 0 Å². The Morgan fingerprint density at radius 1 is 1.11 bits per heavy atom. The number of terminal acetylenes is 1. The summed E-state index contributed by atoms with van der Waals surface area (Å²) in [5, 5.41) is 5.38. The molecule has 2 rings (SSSR count). The van der Waals surface area contributed by atoms with Crippen molar-refractivity contribution in [2.45, 2.75) is 78.4 Å². The zero-order valence-corrected chi connectivity index (χ0v) is 21.3. The number of nitrogens with two attached hydrogens (primary N) is 1. The van der Waals surface area contributed by atoms with E-state index in [2.05, 4.69) is 23.1 Å². The monoisotopic (exact) mass is 486 g/mol. The number of primary amides is 1. The van der Waals surface area contributed by atoms with Gasteiger partial charge in [0.15, 0.2) is 0 Å². The number of Topliss-reactive ketones (excluding diaryl/α,β-unsaturated/α-hetero) is 1. The summed E-state index contributed by atoms with van der Waals surface area (Å²) in [6.07, 6.45) is 9.47. The second-order valence-electron chi connectivity index (χ2n) is 11.2. The van der Waals surface area contributed by atoms with E-state index in [4.69, 9.17) is 12.2 Å². The number of carbonyl (C=O) groups is 5. The molecule has 4 N–H and O–H groups in total. The average Bonchev–Trinajstić information content (AvgIpc) is 3.47. The highest BCUT2D eigenvalue weighted by molar-refractivity contribution is 6.37. The van der Waals surface area contributed by atoms with Gasteiger partial charge in [0.2, 0.25) is 23.5 Å². The molecule has 9 nitrogen and oxygen atoms in total. The first-order valence-corrected chi connectivity index (χ1v) is 12.0. The van der Waals surface area contributed by atoms with Crippen LogP contribution in [0.4, 0.5) is 0 Å². The largest absolute Gasteiger partial charge is 0.363 e. The van der Waals surface area contributed by atoms with Crippen molar-refractivity contribution in [3.05, 3.63) is 12.7 Å². The zero-order chi connectivity index (χ0) is 26.7. The third kappa shape index (κ3) is 6.71. The smallest absolute Gasteiger partial charge is 0.287 e. The Bertz CT molecular complexity index is 938. The molecule has 4 amide bonds. The maximum atomic E-state index is 13.7. The van der Waals surface area contributed by atoms with Gasteiger partial charge in [-0.1, -0.05) is 40.2 Å². The standard InChI is InChI=1S/C26H38N4O5/c1-8-18(31)29-21(25(3,4)5)24(35)30-13-12-16(26(6,7)9-2)19(30)23(34)28-17(14-15-10-11-15)20(32)22(27)33/h2,8,15-17,19,21H,1,10-14H2,3-7H3,(H2,27,33)(H,28,34)(H,29,31)/t16-,17?,19-,21+/m0/s1. The molecule has 0 aromatic rings. The number of rotatable bonds is 10. The van der Waals surface area contributed by atoms with Crippen molar-refractivity contribution in [2.75, 3.05) is 6.54 Å². The Morgan fingerprint density at radius 3 is 2.17 bits per heavy atom. The van der Waals surface area contributed by atoms with Gasteiger partial charge in [0.05, 0.1) is 6.04 Å². The van der Waals surface area contributed by atoms with E-state index in [1.165, 1.54) is 4.90 Å². The fourth-order valence-electron chi connectivity index (χ4n) is 4.59. The van der Waals surface area contributed by atoms with E-state index in [0.717, 1.165) is 18.9 Å². The summed E-state index contributed by atoms with van der Waals surface area (Å²) < 4.78 is 0. The van der Waals surface area contributed by atoms with E-state index in [1.54, 1.807) is 0 Å². The van der Waals surface area contributed by atoms with Crippen LogP contribution in [0.15, 0.2) is 12.7 Å². The molecule has 2 aliphatic rings. The Morgan fingerprint density at radius 2 is 1.71 bits per heavy atom. The van der Waals surface area contributed by atoms with Gasteiger partial charge in [0, 0.05) is 17.9 Å². The van der Waals surface area contributed by atoms with Crippen LogP contribution in [-0.2, 0) is 24.0 Å². The predicted molar refractivity (Wildman–Crippen MR) is 131 cm³/mol. The first kappa shape index (κ1) is 28.1. The van der Waals surface area contributed by atoms with Gasteiger partial charge in [0.1, 0.15) is 12.1 Å². The van der Waals surface area contributed by atoms with Crippen molar-refractivity contribution in [2.24, 2.45) is 28.4 Å². The number of likely N-dealkylation sites (tertiary alicyclic amines) is 1. The molecule has 9 heteroatoms. The normalized spacial score (nSPS) is 21.9. The maximum absolute atomic E-state index is 13.7. The molecule has 1 aliphatic carbocycles. The predicted octanol–water partition coefficient (Wildman–Crippen LogP) is 0.919. The van der Waals surface area contributed by atoms with Gasteiger partial charge in [0.25, 0.3) is 5.91 Å². The SMILES string of the molecule is C#CC(C)(C)[C@H]1CCN(C(=O)[C@@H](NC(=O)C=C)C(C)(C)C)[C@@H]1C(=O)NC(CC1CC1)C(=O)C(N)=O. The van der Waals surface area contributed by atoms with Gasteiger partial charge in [-0.25, -0.2) is 0 Å². The van der Waals surface area contributed by atoms with Crippen molar-refractivity contribution >= 4 is 29.4 Å². The minimum absolute atomic E-state index is 0.238. The van der Waals surface area contributed by atoms with Crippen LogP contribution in [0, 0.1) is 35.0 Å². The summed E-state index contributed by atoms with van der Waals surface area (Å²) in [6, 6.07) is -2.97. The van der Waals surface area contributed by atoms with Crippen LogP contribution in [0.5, 0.6) is 0 Å². The second-order valence-corrected chi connectivity index (χ2v) is 11.2. The summed E-state index contributed by atoms with van der Waals surface area (Å²) >= 11 is 0. The molecule has 0 aromatic heterocycles. The van der Waals surface area contributed by atoms with Crippen LogP contribution in [0.1, 0.15) is 60.3 Å². The minimum atomic E-state index is -1.12. The van der Waals surface area contributed by atoms with Gasteiger partial charge in [-0.05, 0) is 44.1 Å². The van der Waals surface area contributed by atoms with E-state index in [1.807, 2.05) is 34.6 Å². The lowest BCUT2D eigenvalue weighted by molar-refractivity contribution is -0.145. The van der Waals surface area contributed by atoms with Gasteiger partial charge in [-0.15, -0.1) is 12.3 Å². The highest BCUT2D eigenvalue weighted by Gasteiger charge is 2.51. The Kier molecular flexibility index (Phi) is 8.53. The molecule has 4 atom stereocenters. The molecule has 1 heterocycles. The number of ketones is 1. The summed E-state index contributed by atoms with van der Waals surface area (Å²) in [7, 11) is 0. The lowest BCUT2D eigenvalue weighted by Gasteiger charge is -2.38. The lowest BCUT2D eigenvalue weighted by Crippen LogP contribution is -2.60. The van der Waals surface area contributed by atoms with Crippen LogP contribution in [0.2, 0.25) is 0 Å². The van der Waals surface area contributed by atoms with Crippen molar-refractivity contribution in [3.63, 3.8) is 0 Å². The van der Waals surface area contributed by atoms with Crippen LogP contribution in [-0.4, -0.2) is 59.0 Å². The number of carbonyl (C=O) groups excluding carboxylic acids is 5. The highest BCUT2D eigenvalue weighted by atomic mass is 16.2. The van der Waals surface area contributed by atoms with E-state index in [9.17, 15) is 24.0 Å². The van der Waals surface area contributed by atoms with E-state index < -0.39 is 64.3 Å². The number of hydrogen-bond donors (Lipinski definition) is 3. The Labute approximate surface area is 207 Å². The molecule has 0 bridgehead atoms. The van der Waals surface area contributed by atoms with Gasteiger partial charge in [-0.3, -0.25) is 24.0 Å². The molecular weight excluding hydrogens is 448 g/mol. The van der Waals surface area contributed by atoms with E-state index in [-0.39, 0.29) is 12.5 Å². The molecular formula is C26H38N4O5. The molecule has 0 aromatic carbocycles. The first-order chi connectivity index (χ1) is 16.1. The second kappa shape index (κ2) is 10.6. The average molecular weight is 487 g/mol. The van der Waals surface area contributed by atoms with Crippen molar-refractivity contribution in [1.82, 2.24) is 15.5 Å². The molecule has 0 radical (unpaired) electrons. The van der Waals surface area contributed by atoms with Crippen LogP contribution >= 0.6 is 0 Å². The summed E-state index contributed by atoms with van der Waals surface area (Å²) in [6.45, 7) is 12.8. The molecule has 1 saturated heterocycles. The van der Waals surface area contributed by atoms with Gasteiger partial charge < -0.3 is 21.3 Å². The van der Waals surface area contributed by atoms with Crippen LogP contribution in [0.25, 0.3) is 0 Å². The van der Waals surface area contributed by atoms with Crippen molar-refractivity contribution in [1.29, 1.82) is 0 Å². The third-order valence-corrected chi connectivity index (χ3v) is 6.98. The van der Waals surface area contributed by atoms with Gasteiger partial charge in [-0.2, -0.15) is 0 Å². The van der Waals surface area contributed by atoms with E-state index >= 15 is 0 Å². The quantitative estimate of drug-likeness (QED) is 0.239. The zero-order valence-electron chi connectivity index (χ0n) is 21.3. The topological polar surface area (TPSA) is 139 Å². The minimum Gasteiger partial charge on any atom is -0.363 e. The fraction of sp³-hybridized carbons (Fsp3) is 0.654. The van der Waals surface area contributed by atoms with Crippen molar-refractivity contribution < 1.29 is 24.0 Å². The van der Waals surface area contributed by atoms with Crippen molar-refractivity contribution in [3.8, 4) is 12.3 Å². The highest BCUT2D eigenvalue weighted by Crippen LogP contribution is 2.40. The molecule has 192 valence electrons. The number of hydrogen-bond acceptors (Lipinski definition) is 5. The Hall–Kier alpha value is -3.15. The Balaban J connectivity index is 2.42. The lowest BCUT2D eigenvalue weighted by atomic mass is 9.75. The molecule has 1 aliphatic heterocycles. The maximum Gasteiger partial charge on any atom is 0.287 e. The molecule has 1 saturated carbocycles. The number of nitrogens with zero attached hydrogens (tertiary/aromatic N) is 1. The fourth-order valence-corrected chi connectivity index (χ4v) is 4.59. The third-order valence-electron chi connectivity index (χ3n) is 6.98. The number of amides is 4. The summed E-state index contributed by atoms with van der Waals surface area (Å²) in [4.78, 5) is 64.9.